The van der Waals surface area contributed by atoms with Crippen LogP contribution in [0.25, 0.3) is 10.8 Å². The monoisotopic (exact) mass is 352 g/mol. The summed E-state index contributed by atoms with van der Waals surface area (Å²) in [6.07, 6.45) is 1.57. The second-order valence-electron chi connectivity index (χ2n) is 8.13. The van der Waals surface area contributed by atoms with Crippen molar-refractivity contribution >= 4 is 28.5 Å². The number of piperidine rings is 1. The molecule has 5 nitrogen and oxygen atoms in total. The van der Waals surface area contributed by atoms with E-state index in [1.807, 2.05) is 39.0 Å². The molecule has 2 aromatic rings. The van der Waals surface area contributed by atoms with E-state index in [1.54, 1.807) is 4.90 Å². The van der Waals surface area contributed by atoms with Crippen molar-refractivity contribution in [2.24, 2.45) is 0 Å². The van der Waals surface area contributed by atoms with Crippen LogP contribution in [0.2, 0.25) is 0 Å². The van der Waals surface area contributed by atoms with Gasteiger partial charge in [-0.3, -0.25) is 4.79 Å². The molecule has 0 unspecified atom stereocenters. The number of rotatable bonds is 1. The summed E-state index contributed by atoms with van der Waals surface area (Å²) in [5.74, 6) is 0.358. The minimum absolute atomic E-state index is 0.0255. The molecule has 0 bridgehead atoms. The van der Waals surface area contributed by atoms with Crippen LogP contribution >= 0.6 is 0 Å². The number of hydrogen-bond donors (Lipinski definition) is 1. The van der Waals surface area contributed by atoms with E-state index in [4.69, 9.17) is 4.74 Å². The van der Waals surface area contributed by atoms with Gasteiger partial charge in [0.25, 0.3) is 5.91 Å². The van der Waals surface area contributed by atoms with E-state index < -0.39 is 5.60 Å². The summed E-state index contributed by atoms with van der Waals surface area (Å²) in [6, 6.07) is 10.1. The standard InChI is InChI=1S/C21H24N2O3/c1-21(2,3)26-20(25)23-11-9-13(10-12-23)14-7-8-17-18-15(14)5-4-6-16(18)19(24)22-17/h4-8,13H,9-12H2,1-3H3,(H,22,24). The van der Waals surface area contributed by atoms with Crippen molar-refractivity contribution in [3.05, 3.63) is 41.5 Å². The molecular weight excluding hydrogens is 328 g/mol. The quantitative estimate of drug-likeness (QED) is 0.821. The number of carbonyl (C=O) groups is 2. The van der Waals surface area contributed by atoms with Crippen molar-refractivity contribution < 1.29 is 14.3 Å². The van der Waals surface area contributed by atoms with E-state index in [0.29, 0.717) is 19.0 Å². The van der Waals surface area contributed by atoms with Crippen molar-refractivity contribution in [1.82, 2.24) is 4.90 Å². The van der Waals surface area contributed by atoms with Gasteiger partial charge in [0.2, 0.25) is 0 Å². The SMILES string of the molecule is CC(C)(C)OC(=O)N1CCC(c2ccc3c4c(cccc24)C(=O)N3)CC1. The minimum atomic E-state index is -0.467. The van der Waals surface area contributed by atoms with E-state index in [0.717, 1.165) is 34.9 Å². The number of amides is 2. The summed E-state index contributed by atoms with van der Waals surface area (Å²) in [6.45, 7) is 7.05. The molecule has 26 heavy (non-hydrogen) atoms. The molecule has 2 aliphatic rings. The van der Waals surface area contributed by atoms with Crippen LogP contribution in [0.15, 0.2) is 30.3 Å². The van der Waals surface area contributed by atoms with Crippen LogP contribution in [0.1, 0.15) is 55.5 Å². The van der Waals surface area contributed by atoms with Crippen LogP contribution in [0.3, 0.4) is 0 Å². The van der Waals surface area contributed by atoms with E-state index in [9.17, 15) is 9.59 Å². The summed E-state index contributed by atoms with van der Waals surface area (Å²) in [4.78, 5) is 26.2. The molecule has 1 N–H and O–H groups in total. The molecule has 0 aliphatic carbocycles. The van der Waals surface area contributed by atoms with Crippen molar-refractivity contribution in [1.29, 1.82) is 0 Å². The van der Waals surface area contributed by atoms with Gasteiger partial charge in [0.15, 0.2) is 0 Å². The predicted octanol–water partition coefficient (Wildman–Crippen LogP) is 4.52. The van der Waals surface area contributed by atoms with Gasteiger partial charge >= 0.3 is 6.09 Å². The molecule has 1 saturated heterocycles. The van der Waals surface area contributed by atoms with Gasteiger partial charge in [-0.2, -0.15) is 0 Å². The third-order valence-corrected chi connectivity index (χ3v) is 5.15. The summed E-state index contributed by atoms with van der Waals surface area (Å²) in [5.41, 5.74) is 2.46. The van der Waals surface area contributed by atoms with Crippen LogP contribution in [0.4, 0.5) is 10.5 Å². The maximum Gasteiger partial charge on any atom is 0.410 e. The third kappa shape index (κ3) is 2.91. The zero-order valence-electron chi connectivity index (χ0n) is 15.5. The fourth-order valence-corrected chi connectivity index (χ4v) is 3.97. The lowest BCUT2D eigenvalue weighted by Crippen LogP contribution is -2.41. The smallest absolute Gasteiger partial charge is 0.410 e. The molecule has 4 rings (SSSR count). The first-order chi connectivity index (χ1) is 12.3. The van der Waals surface area contributed by atoms with Crippen molar-refractivity contribution in [3.63, 3.8) is 0 Å². The minimum Gasteiger partial charge on any atom is -0.444 e. The van der Waals surface area contributed by atoms with Crippen molar-refractivity contribution in [3.8, 4) is 0 Å². The van der Waals surface area contributed by atoms with Gasteiger partial charge in [-0.25, -0.2) is 4.79 Å². The lowest BCUT2D eigenvalue weighted by Gasteiger charge is -2.34. The molecule has 2 aromatic carbocycles. The summed E-state index contributed by atoms with van der Waals surface area (Å²) < 4.78 is 5.48. The Bertz CT molecular complexity index is 890. The zero-order chi connectivity index (χ0) is 18.5. The Balaban J connectivity index is 1.55. The van der Waals surface area contributed by atoms with Gasteiger partial charge in [0.1, 0.15) is 5.60 Å². The zero-order valence-corrected chi connectivity index (χ0v) is 15.5. The average Bonchev–Trinajstić information content (AvgIpc) is 2.92. The van der Waals surface area contributed by atoms with Crippen LogP contribution < -0.4 is 5.32 Å². The fraction of sp³-hybridized carbons (Fsp3) is 0.429. The van der Waals surface area contributed by atoms with E-state index >= 15 is 0 Å². The highest BCUT2D eigenvalue weighted by Gasteiger charge is 2.29. The maximum atomic E-state index is 12.3. The van der Waals surface area contributed by atoms with Gasteiger partial charge in [-0.15, -0.1) is 0 Å². The third-order valence-electron chi connectivity index (χ3n) is 5.15. The van der Waals surface area contributed by atoms with Gasteiger partial charge < -0.3 is 15.0 Å². The Kier molecular flexibility index (Phi) is 3.90. The maximum absolute atomic E-state index is 12.3. The molecule has 0 radical (unpaired) electrons. The van der Waals surface area contributed by atoms with E-state index in [2.05, 4.69) is 17.4 Å². The number of carbonyl (C=O) groups excluding carboxylic acids is 2. The molecule has 0 atom stereocenters. The normalized spacial score (nSPS) is 17.5. The first kappa shape index (κ1) is 16.9. The summed E-state index contributed by atoms with van der Waals surface area (Å²) >= 11 is 0. The van der Waals surface area contributed by atoms with E-state index in [-0.39, 0.29) is 12.0 Å². The molecule has 0 spiro atoms. The summed E-state index contributed by atoms with van der Waals surface area (Å²) in [7, 11) is 0. The lowest BCUT2D eigenvalue weighted by molar-refractivity contribution is 0.0205. The van der Waals surface area contributed by atoms with Crippen LogP contribution in [0.5, 0.6) is 0 Å². The Hall–Kier alpha value is -2.56. The van der Waals surface area contributed by atoms with Gasteiger partial charge in [0, 0.05) is 29.7 Å². The Morgan fingerprint density at radius 2 is 1.88 bits per heavy atom. The predicted molar refractivity (Wildman–Crippen MR) is 102 cm³/mol. The topological polar surface area (TPSA) is 58.6 Å². The van der Waals surface area contributed by atoms with Crippen molar-refractivity contribution in [2.45, 2.75) is 45.1 Å². The Morgan fingerprint density at radius 3 is 2.58 bits per heavy atom. The lowest BCUT2D eigenvalue weighted by atomic mass is 9.85. The molecule has 136 valence electrons. The first-order valence-corrected chi connectivity index (χ1v) is 9.18. The highest BCUT2D eigenvalue weighted by molar-refractivity contribution is 6.24. The fourth-order valence-electron chi connectivity index (χ4n) is 3.97. The van der Waals surface area contributed by atoms with E-state index in [1.165, 1.54) is 5.56 Å². The summed E-state index contributed by atoms with van der Waals surface area (Å²) in [5, 5.41) is 5.12. The van der Waals surface area contributed by atoms with Gasteiger partial charge in [-0.1, -0.05) is 18.2 Å². The second-order valence-corrected chi connectivity index (χ2v) is 8.13. The van der Waals surface area contributed by atoms with Gasteiger partial charge in [-0.05, 0) is 62.6 Å². The molecule has 2 heterocycles. The van der Waals surface area contributed by atoms with Gasteiger partial charge in [0.05, 0.1) is 0 Å². The van der Waals surface area contributed by atoms with Crippen LogP contribution in [0, 0.1) is 0 Å². The number of likely N-dealkylation sites (tertiary alicyclic amines) is 1. The number of anilines is 1. The number of nitrogens with one attached hydrogen (secondary N) is 1. The molecule has 1 fully saturated rings. The Labute approximate surface area is 153 Å². The Morgan fingerprint density at radius 1 is 1.15 bits per heavy atom. The van der Waals surface area contributed by atoms with Crippen molar-refractivity contribution in [2.75, 3.05) is 18.4 Å². The molecule has 0 aromatic heterocycles. The van der Waals surface area contributed by atoms with Crippen LogP contribution in [-0.2, 0) is 4.74 Å². The largest absolute Gasteiger partial charge is 0.444 e. The first-order valence-electron chi connectivity index (χ1n) is 9.18. The second kappa shape index (κ2) is 6.01. The highest BCUT2D eigenvalue weighted by Crippen LogP contribution is 2.40. The highest BCUT2D eigenvalue weighted by atomic mass is 16.6. The molecule has 2 amide bonds. The number of ether oxygens (including phenoxy) is 1. The van der Waals surface area contributed by atoms with Crippen LogP contribution in [-0.4, -0.2) is 35.6 Å². The number of nitrogens with zero attached hydrogens (tertiary/aromatic N) is 1. The molecule has 2 aliphatic heterocycles. The molecule has 0 saturated carbocycles. The molecule has 5 heteroatoms. The number of benzene rings is 2. The molecular formula is C21H24N2O3. The number of hydrogen-bond acceptors (Lipinski definition) is 3. The average molecular weight is 352 g/mol.